The predicted molar refractivity (Wildman–Crippen MR) is 36.9 cm³/mol. The van der Waals surface area contributed by atoms with Gasteiger partial charge in [-0.3, -0.25) is 0 Å². The maximum absolute atomic E-state index is 8.79. The topological polar surface area (TPSA) is 46.3 Å². The van der Waals surface area contributed by atoms with E-state index in [4.69, 9.17) is 5.11 Å². The van der Waals surface area contributed by atoms with E-state index in [1.807, 2.05) is 20.8 Å². The molecule has 3 heteroatoms. The fraction of sp³-hybridized carbons (Fsp3) is 0.571. The van der Waals surface area contributed by atoms with Gasteiger partial charge in [0.25, 0.3) is 0 Å². The van der Waals surface area contributed by atoms with Gasteiger partial charge in [-0.05, 0) is 0 Å². The number of hydrogen-bond acceptors (Lipinski definition) is 3. The number of aromatic hydroxyl groups is 1. The first-order valence-corrected chi connectivity index (χ1v) is 3.16. The molecule has 0 amide bonds. The van der Waals surface area contributed by atoms with E-state index in [0.717, 1.165) is 5.69 Å². The fourth-order valence-electron chi connectivity index (χ4n) is 0.619. The van der Waals surface area contributed by atoms with Gasteiger partial charge >= 0.3 is 5.95 Å². The van der Waals surface area contributed by atoms with Gasteiger partial charge in [0, 0.05) is 11.5 Å². The Balaban J connectivity index is 2.96. The van der Waals surface area contributed by atoms with Crippen molar-refractivity contribution < 1.29 is 9.63 Å². The summed E-state index contributed by atoms with van der Waals surface area (Å²) in [6.07, 6.45) is 0. The van der Waals surface area contributed by atoms with Crippen LogP contribution in [-0.4, -0.2) is 10.3 Å². The first-order chi connectivity index (χ1) is 4.50. The molecular formula is C7H11NO2. The van der Waals surface area contributed by atoms with Crippen LogP contribution in [0, 0.1) is 0 Å². The molecule has 0 atom stereocenters. The first kappa shape index (κ1) is 7.12. The van der Waals surface area contributed by atoms with Crippen LogP contribution in [0.25, 0.3) is 0 Å². The number of aromatic nitrogens is 1. The Morgan fingerprint density at radius 2 is 2.10 bits per heavy atom. The summed E-state index contributed by atoms with van der Waals surface area (Å²) in [6, 6.07) is 1.53. The van der Waals surface area contributed by atoms with Crippen LogP contribution < -0.4 is 0 Å². The Morgan fingerprint density at radius 3 is 2.30 bits per heavy atom. The Kier molecular flexibility index (Phi) is 1.43. The molecule has 0 spiro atoms. The van der Waals surface area contributed by atoms with E-state index < -0.39 is 0 Å². The van der Waals surface area contributed by atoms with Crippen molar-refractivity contribution in [1.29, 1.82) is 0 Å². The van der Waals surface area contributed by atoms with Crippen molar-refractivity contribution in [2.24, 2.45) is 0 Å². The second kappa shape index (κ2) is 2.01. The molecule has 1 rings (SSSR count). The highest BCUT2D eigenvalue weighted by molar-refractivity contribution is 5.15. The minimum absolute atomic E-state index is 0.0511. The van der Waals surface area contributed by atoms with Crippen molar-refractivity contribution in [3.8, 4) is 5.95 Å². The molecule has 1 aromatic rings. The van der Waals surface area contributed by atoms with E-state index in [2.05, 4.69) is 9.68 Å². The van der Waals surface area contributed by atoms with Gasteiger partial charge in [0.05, 0.1) is 5.69 Å². The minimum Gasteiger partial charge on any atom is -0.479 e. The average Bonchev–Trinajstić information content (AvgIpc) is 2.11. The van der Waals surface area contributed by atoms with Crippen LogP contribution in [0.3, 0.4) is 0 Å². The normalized spacial score (nSPS) is 11.9. The molecule has 0 radical (unpaired) electrons. The highest BCUT2D eigenvalue weighted by atomic mass is 16.5. The summed E-state index contributed by atoms with van der Waals surface area (Å²) < 4.78 is 4.50. The Labute approximate surface area is 59.7 Å². The van der Waals surface area contributed by atoms with E-state index in [1.54, 1.807) is 0 Å². The van der Waals surface area contributed by atoms with Gasteiger partial charge in [-0.25, -0.2) is 0 Å². The van der Waals surface area contributed by atoms with Crippen LogP contribution in [0.4, 0.5) is 0 Å². The molecule has 0 unspecified atom stereocenters. The SMILES string of the molecule is CC(C)(C)c1cc(O)on1. The zero-order chi connectivity index (χ0) is 7.78. The lowest BCUT2D eigenvalue weighted by molar-refractivity contribution is 0.273. The van der Waals surface area contributed by atoms with Gasteiger partial charge in [0.15, 0.2) is 0 Å². The summed E-state index contributed by atoms with van der Waals surface area (Å²) in [5, 5.41) is 12.4. The molecule has 1 N–H and O–H groups in total. The standard InChI is InChI=1S/C7H11NO2/c1-7(2,3)5-4-6(9)10-8-5/h4,9H,1-3H3. The Bertz CT molecular complexity index is 222. The third-order valence-corrected chi connectivity index (χ3v) is 1.27. The van der Waals surface area contributed by atoms with Gasteiger partial charge < -0.3 is 9.63 Å². The van der Waals surface area contributed by atoms with Crippen molar-refractivity contribution in [1.82, 2.24) is 5.16 Å². The van der Waals surface area contributed by atoms with Gasteiger partial charge in [-0.1, -0.05) is 25.9 Å². The highest BCUT2D eigenvalue weighted by Gasteiger charge is 2.18. The molecule has 0 bridgehead atoms. The molecule has 10 heavy (non-hydrogen) atoms. The minimum atomic E-state index is -0.120. The summed E-state index contributed by atoms with van der Waals surface area (Å²) in [4.78, 5) is 0. The Hall–Kier alpha value is -0.990. The lowest BCUT2D eigenvalue weighted by Gasteiger charge is -2.12. The van der Waals surface area contributed by atoms with Crippen LogP contribution in [0.15, 0.2) is 10.6 Å². The molecule has 56 valence electrons. The highest BCUT2D eigenvalue weighted by Crippen LogP contribution is 2.23. The van der Waals surface area contributed by atoms with E-state index in [0.29, 0.717) is 0 Å². The van der Waals surface area contributed by atoms with Crippen LogP contribution in [-0.2, 0) is 5.41 Å². The first-order valence-electron chi connectivity index (χ1n) is 3.16. The molecule has 1 heterocycles. The van der Waals surface area contributed by atoms with Gasteiger partial charge in [0.2, 0.25) is 0 Å². The van der Waals surface area contributed by atoms with Crippen molar-refractivity contribution >= 4 is 0 Å². The van der Waals surface area contributed by atoms with Crippen LogP contribution >= 0.6 is 0 Å². The number of rotatable bonds is 0. The molecule has 1 aromatic heterocycles. The summed E-state index contributed by atoms with van der Waals surface area (Å²) in [5.41, 5.74) is 0.717. The quantitative estimate of drug-likeness (QED) is 0.597. The lowest BCUT2D eigenvalue weighted by atomic mass is 9.93. The average molecular weight is 141 g/mol. The van der Waals surface area contributed by atoms with Crippen molar-refractivity contribution in [3.05, 3.63) is 11.8 Å². The van der Waals surface area contributed by atoms with Crippen molar-refractivity contribution in [2.75, 3.05) is 0 Å². The largest absolute Gasteiger partial charge is 0.479 e. The molecule has 0 aliphatic heterocycles. The van der Waals surface area contributed by atoms with E-state index >= 15 is 0 Å². The van der Waals surface area contributed by atoms with Gasteiger partial charge in [-0.2, -0.15) is 0 Å². The number of hydrogen-bond donors (Lipinski definition) is 1. The van der Waals surface area contributed by atoms with Gasteiger partial charge in [-0.15, -0.1) is 0 Å². The zero-order valence-corrected chi connectivity index (χ0v) is 6.38. The zero-order valence-electron chi connectivity index (χ0n) is 6.38. The van der Waals surface area contributed by atoms with Crippen LogP contribution in [0.5, 0.6) is 5.95 Å². The summed E-state index contributed by atoms with van der Waals surface area (Å²) >= 11 is 0. The Morgan fingerprint density at radius 1 is 1.50 bits per heavy atom. The van der Waals surface area contributed by atoms with E-state index in [-0.39, 0.29) is 11.4 Å². The third kappa shape index (κ3) is 1.29. The third-order valence-electron chi connectivity index (χ3n) is 1.27. The smallest absolute Gasteiger partial charge is 0.308 e. The van der Waals surface area contributed by atoms with Crippen LogP contribution in [0.1, 0.15) is 26.5 Å². The number of nitrogens with zero attached hydrogens (tertiary/aromatic N) is 1. The molecule has 0 aromatic carbocycles. The molecule has 0 aliphatic rings. The fourth-order valence-corrected chi connectivity index (χ4v) is 0.619. The maximum Gasteiger partial charge on any atom is 0.308 e. The summed E-state index contributed by atoms with van der Waals surface area (Å²) in [6.45, 7) is 6.01. The molecule has 0 saturated heterocycles. The second-order valence-corrected chi connectivity index (χ2v) is 3.30. The second-order valence-electron chi connectivity index (χ2n) is 3.30. The monoisotopic (exact) mass is 141 g/mol. The molecule has 0 fully saturated rings. The van der Waals surface area contributed by atoms with Crippen molar-refractivity contribution in [3.63, 3.8) is 0 Å². The molecular weight excluding hydrogens is 130 g/mol. The van der Waals surface area contributed by atoms with Gasteiger partial charge in [0.1, 0.15) is 0 Å². The summed E-state index contributed by atoms with van der Waals surface area (Å²) in [5.74, 6) is -0.120. The van der Waals surface area contributed by atoms with Crippen LogP contribution in [0.2, 0.25) is 0 Å². The molecule has 0 saturated carbocycles. The van der Waals surface area contributed by atoms with E-state index in [9.17, 15) is 0 Å². The van der Waals surface area contributed by atoms with E-state index in [1.165, 1.54) is 6.07 Å². The predicted octanol–water partition coefficient (Wildman–Crippen LogP) is 1.68. The summed E-state index contributed by atoms with van der Waals surface area (Å²) in [7, 11) is 0. The molecule has 3 nitrogen and oxygen atoms in total. The maximum atomic E-state index is 8.79. The lowest BCUT2D eigenvalue weighted by Crippen LogP contribution is -2.10. The molecule has 0 aliphatic carbocycles. The van der Waals surface area contributed by atoms with Crippen molar-refractivity contribution in [2.45, 2.75) is 26.2 Å².